The molecule has 1 saturated carbocycles. The molecular formula is C14H19N3O3. The summed E-state index contributed by atoms with van der Waals surface area (Å²) >= 11 is 0. The van der Waals surface area contributed by atoms with Crippen LogP contribution in [0.25, 0.3) is 0 Å². The summed E-state index contributed by atoms with van der Waals surface area (Å²) in [6, 6.07) is 5.65. The van der Waals surface area contributed by atoms with E-state index < -0.39 is 4.92 Å². The van der Waals surface area contributed by atoms with Gasteiger partial charge in [-0.15, -0.1) is 0 Å². The van der Waals surface area contributed by atoms with Gasteiger partial charge in [0.15, 0.2) is 0 Å². The molecule has 6 heteroatoms. The third-order valence-corrected chi connectivity index (χ3v) is 4.09. The largest absolute Gasteiger partial charge is 0.494 e. The predicted octanol–water partition coefficient (Wildman–Crippen LogP) is 1.89. The molecule has 1 saturated heterocycles. The standard InChI is InChI=1S/C14H19N3O3/c1-20-14-10-12(17(18)19)4-5-13(14)16-8-6-15(7-9-16)11-2-3-11/h4-5,10-11H,2-3,6-9H2,1H3. The molecule has 0 radical (unpaired) electrons. The van der Waals surface area contributed by atoms with Gasteiger partial charge in [-0.25, -0.2) is 0 Å². The lowest BCUT2D eigenvalue weighted by molar-refractivity contribution is -0.384. The van der Waals surface area contributed by atoms with E-state index in [2.05, 4.69) is 9.80 Å². The van der Waals surface area contributed by atoms with E-state index in [4.69, 9.17) is 4.74 Å². The van der Waals surface area contributed by atoms with Crippen LogP contribution in [0.2, 0.25) is 0 Å². The average molecular weight is 277 g/mol. The van der Waals surface area contributed by atoms with Gasteiger partial charge < -0.3 is 9.64 Å². The first kappa shape index (κ1) is 13.2. The second-order valence-corrected chi connectivity index (χ2v) is 5.37. The summed E-state index contributed by atoms with van der Waals surface area (Å²) in [5.41, 5.74) is 1.02. The van der Waals surface area contributed by atoms with Crippen molar-refractivity contribution in [3.63, 3.8) is 0 Å². The molecule has 1 aromatic carbocycles. The van der Waals surface area contributed by atoms with Gasteiger partial charge in [-0.1, -0.05) is 0 Å². The van der Waals surface area contributed by atoms with Gasteiger partial charge in [-0.05, 0) is 18.9 Å². The molecule has 2 aliphatic rings. The highest BCUT2D eigenvalue weighted by atomic mass is 16.6. The molecule has 108 valence electrons. The minimum absolute atomic E-state index is 0.0715. The van der Waals surface area contributed by atoms with Crippen LogP contribution in [-0.4, -0.2) is 49.2 Å². The second kappa shape index (κ2) is 5.28. The number of nitro benzene ring substituents is 1. The number of hydrogen-bond donors (Lipinski definition) is 0. The first-order valence-corrected chi connectivity index (χ1v) is 7.00. The lowest BCUT2D eigenvalue weighted by Gasteiger charge is -2.36. The lowest BCUT2D eigenvalue weighted by Crippen LogP contribution is -2.47. The minimum atomic E-state index is -0.392. The Labute approximate surface area is 118 Å². The Kier molecular flexibility index (Phi) is 3.48. The molecule has 0 amide bonds. The van der Waals surface area contributed by atoms with E-state index >= 15 is 0 Å². The number of hydrogen-bond acceptors (Lipinski definition) is 5. The lowest BCUT2D eigenvalue weighted by atomic mass is 10.2. The number of nitrogens with zero attached hydrogens (tertiary/aromatic N) is 3. The van der Waals surface area contributed by atoms with Crippen molar-refractivity contribution in [2.75, 3.05) is 38.2 Å². The maximum atomic E-state index is 10.8. The topological polar surface area (TPSA) is 58.9 Å². The molecule has 2 fully saturated rings. The monoisotopic (exact) mass is 277 g/mol. The molecule has 1 aromatic rings. The normalized spacial score (nSPS) is 19.9. The highest BCUT2D eigenvalue weighted by Crippen LogP contribution is 2.34. The first-order valence-electron chi connectivity index (χ1n) is 7.00. The fraction of sp³-hybridized carbons (Fsp3) is 0.571. The summed E-state index contributed by atoms with van der Waals surface area (Å²) in [5, 5.41) is 10.8. The van der Waals surface area contributed by atoms with Crippen molar-refractivity contribution in [3.8, 4) is 5.75 Å². The summed E-state index contributed by atoms with van der Waals surface area (Å²) < 4.78 is 5.32. The van der Waals surface area contributed by atoms with E-state index in [1.54, 1.807) is 19.2 Å². The summed E-state index contributed by atoms with van der Waals surface area (Å²) in [4.78, 5) is 15.2. The Morgan fingerprint density at radius 1 is 1.25 bits per heavy atom. The molecule has 1 aliphatic heterocycles. The molecule has 0 aromatic heterocycles. The Morgan fingerprint density at radius 2 is 1.95 bits per heavy atom. The minimum Gasteiger partial charge on any atom is -0.494 e. The smallest absolute Gasteiger partial charge is 0.273 e. The number of nitro groups is 1. The molecule has 6 nitrogen and oxygen atoms in total. The Hall–Kier alpha value is -1.82. The Bertz CT molecular complexity index is 508. The molecule has 1 heterocycles. The number of benzene rings is 1. The van der Waals surface area contributed by atoms with Crippen molar-refractivity contribution in [2.24, 2.45) is 0 Å². The van der Waals surface area contributed by atoms with Gasteiger partial charge >= 0.3 is 0 Å². The number of anilines is 1. The highest BCUT2D eigenvalue weighted by molar-refractivity contribution is 5.62. The van der Waals surface area contributed by atoms with Crippen LogP contribution in [0.15, 0.2) is 18.2 Å². The van der Waals surface area contributed by atoms with E-state index in [1.807, 2.05) is 0 Å². The van der Waals surface area contributed by atoms with E-state index in [0.717, 1.165) is 37.9 Å². The van der Waals surface area contributed by atoms with Gasteiger partial charge in [-0.3, -0.25) is 15.0 Å². The molecule has 0 bridgehead atoms. The fourth-order valence-electron chi connectivity index (χ4n) is 2.81. The van der Waals surface area contributed by atoms with E-state index in [1.165, 1.54) is 18.9 Å². The molecule has 3 rings (SSSR count). The van der Waals surface area contributed by atoms with Gasteiger partial charge in [0.25, 0.3) is 5.69 Å². The van der Waals surface area contributed by atoms with Crippen molar-refractivity contribution in [2.45, 2.75) is 18.9 Å². The molecule has 0 atom stereocenters. The van der Waals surface area contributed by atoms with Crippen LogP contribution in [0, 0.1) is 10.1 Å². The van der Waals surface area contributed by atoms with Gasteiger partial charge in [0.05, 0.1) is 23.8 Å². The number of ether oxygens (including phenoxy) is 1. The fourth-order valence-corrected chi connectivity index (χ4v) is 2.81. The van der Waals surface area contributed by atoms with E-state index in [9.17, 15) is 10.1 Å². The summed E-state index contributed by atoms with van der Waals surface area (Å²) in [6.45, 7) is 4.02. The van der Waals surface area contributed by atoms with Gasteiger partial charge in [-0.2, -0.15) is 0 Å². The van der Waals surface area contributed by atoms with Crippen LogP contribution in [0.4, 0.5) is 11.4 Å². The molecule has 0 unspecified atom stereocenters. The zero-order chi connectivity index (χ0) is 14.1. The zero-order valence-corrected chi connectivity index (χ0v) is 11.6. The summed E-state index contributed by atoms with van der Waals surface area (Å²) in [7, 11) is 1.56. The molecular weight excluding hydrogens is 258 g/mol. The van der Waals surface area contributed by atoms with E-state index in [0.29, 0.717) is 5.75 Å². The molecule has 0 spiro atoms. The van der Waals surface area contributed by atoms with Crippen molar-refractivity contribution in [1.29, 1.82) is 0 Å². The second-order valence-electron chi connectivity index (χ2n) is 5.37. The van der Waals surface area contributed by atoms with Crippen molar-refractivity contribution in [3.05, 3.63) is 28.3 Å². The quantitative estimate of drug-likeness (QED) is 0.621. The molecule has 20 heavy (non-hydrogen) atoms. The Morgan fingerprint density at radius 3 is 2.50 bits per heavy atom. The van der Waals surface area contributed by atoms with E-state index in [-0.39, 0.29) is 5.69 Å². The van der Waals surface area contributed by atoms with Crippen molar-refractivity contribution >= 4 is 11.4 Å². The maximum Gasteiger partial charge on any atom is 0.273 e. The highest BCUT2D eigenvalue weighted by Gasteiger charge is 2.31. The SMILES string of the molecule is COc1cc([N+](=O)[O-])ccc1N1CCN(C2CC2)CC1. The van der Waals surface area contributed by atoms with Crippen LogP contribution in [-0.2, 0) is 0 Å². The van der Waals surface area contributed by atoms with Crippen LogP contribution >= 0.6 is 0 Å². The zero-order valence-electron chi connectivity index (χ0n) is 11.6. The number of non-ortho nitro benzene ring substituents is 1. The third-order valence-electron chi connectivity index (χ3n) is 4.09. The van der Waals surface area contributed by atoms with Crippen LogP contribution in [0.1, 0.15) is 12.8 Å². The number of methoxy groups -OCH3 is 1. The number of rotatable bonds is 4. The van der Waals surface area contributed by atoms with Crippen LogP contribution in [0.3, 0.4) is 0 Å². The van der Waals surface area contributed by atoms with Crippen LogP contribution < -0.4 is 9.64 Å². The van der Waals surface area contributed by atoms with Crippen molar-refractivity contribution < 1.29 is 9.66 Å². The summed E-state index contributed by atoms with van der Waals surface area (Å²) in [5.74, 6) is 0.582. The number of piperazine rings is 1. The van der Waals surface area contributed by atoms with Crippen molar-refractivity contribution in [1.82, 2.24) is 4.90 Å². The van der Waals surface area contributed by atoms with Gasteiger partial charge in [0, 0.05) is 38.3 Å². The third kappa shape index (κ3) is 2.56. The maximum absolute atomic E-state index is 10.8. The first-order chi connectivity index (χ1) is 9.69. The van der Waals surface area contributed by atoms with Gasteiger partial charge in [0.2, 0.25) is 0 Å². The molecule has 1 aliphatic carbocycles. The Balaban J connectivity index is 1.74. The van der Waals surface area contributed by atoms with Gasteiger partial charge in [0.1, 0.15) is 5.75 Å². The van der Waals surface area contributed by atoms with Crippen LogP contribution in [0.5, 0.6) is 5.75 Å². The predicted molar refractivity (Wildman–Crippen MR) is 76.5 cm³/mol. The average Bonchev–Trinajstić information content (AvgIpc) is 3.31. The molecule has 0 N–H and O–H groups in total. The summed E-state index contributed by atoms with van der Waals surface area (Å²) in [6.07, 6.45) is 2.67.